The zero-order valence-corrected chi connectivity index (χ0v) is 60.0. The third-order valence-corrected chi connectivity index (χ3v) is 29.8. The lowest BCUT2D eigenvalue weighted by molar-refractivity contribution is -0.154. The van der Waals surface area contributed by atoms with Crippen LogP contribution < -0.4 is 11.5 Å². The van der Waals surface area contributed by atoms with E-state index in [1.165, 1.54) is 48.5 Å². The van der Waals surface area contributed by atoms with Crippen LogP contribution in [0.1, 0.15) is 185 Å². The van der Waals surface area contributed by atoms with Gasteiger partial charge in [-0.3, -0.25) is 54.1 Å². The number of aromatic nitrogens is 5. The van der Waals surface area contributed by atoms with Crippen molar-refractivity contribution in [3.63, 3.8) is 0 Å². The van der Waals surface area contributed by atoms with Crippen molar-refractivity contribution in [2.75, 3.05) is 25.4 Å². The Hall–Kier alpha value is -7.86. The number of ether oxygens (including phenoxy) is 2. The number of aliphatic imine (C=N–C) groups is 3. The lowest BCUT2D eigenvalue weighted by atomic mass is 9.88. The van der Waals surface area contributed by atoms with Crippen LogP contribution in [0.3, 0.4) is 0 Å². The number of ketones is 2. The summed E-state index contributed by atoms with van der Waals surface area (Å²) < 4.78 is 135. The number of anilines is 1. The van der Waals surface area contributed by atoms with Gasteiger partial charge in [0, 0.05) is 42.4 Å². The Morgan fingerprint density at radius 3 is 1.15 bits per heavy atom. The van der Waals surface area contributed by atoms with Crippen molar-refractivity contribution in [2.24, 2.45) is 33.8 Å². The fourth-order valence-electron chi connectivity index (χ4n) is 13.3. The molecule has 11 heterocycles. The van der Waals surface area contributed by atoms with Gasteiger partial charge < -0.3 is 20.9 Å². The molecule has 30 heteroatoms. The predicted molar refractivity (Wildman–Crippen MR) is 365 cm³/mol. The van der Waals surface area contributed by atoms with E-state index in [1.54, 1.807) is 104 Å². The van der Waals surface area contributed by atoms with Gasteiger partial charge in [0.2, 0.25) is 0 Å². The van der Waals surface area contributed by atoms with Crippen molar-refractivity contribution in [1.82, 2.24) is 24.9 Å². The molecular weight excluding hydrogens is 1330 g/mol. The van der Waals surface area contributed by atoms with E-state index in [0.717, 1.165) is 24.5 Å². The first-order valence-corrected chi connectivity index (χ1v) is 36.7. The van der Waals surface area contributed by atoms with Gasteiger partial charge in [0.1, 0.15) is 102 Å². The van der Waals surface area contributed by atoms with E-state index in [4.69, 9.17) is 30.9 Å². The Bertz CT molecular complexity index is 4560. The zero-order valence-electron chi connectivity index (χ0n) is 57.6. The quantitative estimate of drug-likeness (QED) is 0.0628. The Labute approximate surface area is 568 Å². The molecule has 98 heavy (non-hydrogen) atoms. The average molecular weight is 1420 g/mol. The molecule has 0 radical (unpaired) electrons. The molecule has 0 unspecified atom stereocenters. The number of hydrogen-bond donors (Lipinski definition) is 2. The van der Waals surface area contributed by atoms with Crippen LogP contribution in [0.5, 0.6) is 0 Å². The van der Waals surface area contributed by atoms with Crippen molar-refractivity contribution in [3.05, 3.63) is 142 Å². The molecule has 5 aromatic heterocycles. The average Bonchev–Trinajstić information content (AvgIpc) is 1.34. The zero-order chi connectivity index (χ0) is 72.5. The van der Waals surface area contributed by atoms with Crippen LogP contribution in [0.2, 0.25) is 0 Å². The highest BCUT2D eigenvalue weighted by atomic mass is 32.2. The van der Waals surface area contributed by atoms with E-state index in [9.17, 15) is 49.4 Å². The summed E-state index contributed by atoms with van der Waals surface area (Å²) in [6, 6.07) is 12.6. The first-order valence-electron chi connectivity index (χ1n) is 31.9. The Balaban J connectivity index is 0.000000174. The molecule has 5 aromatic rings. The first-order chi connectivity index (χ1) is 45.3. The smallest absolute Gasteiger partial charge is 0.312 e. The monoisotopic (exact) mass is 1420 g/mol. The Kier molecular flexibility index (Phi) is 20.0. The van der Waals surface area contributed by atoms with E-state index in [1.807, 2.05) is 0 Å². The number of nitrogens with two attached hydrogens (primary N) is 2. The second-order valence-electron chi connectivity index (χ2n) is 29.0. The molecule has 9 atom stereocenters. The number of fused-ring (bicyclic) bond motifs is 3. The number of rotatable bonds is 13. The molecule has 0 fully saturated rings. The molecule has 11 rings (SSSR count). The van der Waals surface area contributed by atoms with Crippen LogP contribution in [0.15, 0.2) is 101 Å². The highest BCUT2D eigenvalue weighted by Crippen LogP contribution is 2.52. The van der Waals surface area contributed by atoms with Crippen LogP contribution in [0.25, 0.3) is 0 Å². The predicted octanol–water partition coefficient (Wildman–Crippen LogP) is 10.6. The van der Waals surface area contributed by atoms with Gasteiger partial charge in [-0.2, -0.15) is 0 Å². The minimum absolute atomic E-state index is 0.0156. The molecule has 0 saturated carbocycles. The minimum Gasteiger partial charge on any atom is -0.460 e. The van der Waals surface area contributed by atoms with E-state index in [-0.39, 0.29) is 77.3 Å². The highest BCUT2D eigenvalue weighted by molar-refractivity contribution is 7.97. The minimum atomic E-state index is -3.00. The molecular formula is C68H84F5N13O9S3. The van der Waals surface area contributed by atoms with Gasteiger partial charge in [-0.1, -0.05) is 0 Å². The van der Waals surface area contributed by atoms with Crippen LogP contribution >= 0.6 is 0 Å². The number of nitrogen functional groups attached to an aromatic ring is 1. The van der Waals surface area contributed by atoms with E-state index in [2.05, 4.69) is 43.0 Å². The van der Waals surface area contributed by atoms with Gasteiger partial charge >= 0.3 is 11.9 Å². The molecule has 6 aliphatic rings. The van der Waals surface area contributed by atoms with Crippen molar-refractivity contribution in [3.8, 4) is 0 Å². The van der Waals surface area contributed by atoms with Crippen molar-refractivity contribution < 1.29 is 63.2 Å². The van der Waals surface area contributed by atoms with Gasteiger partial charge in [-0.05, 0) is 184 Å². The summed E-state index contributed by atoms with van der Waals surface area (Å²) in [5, 5.41) is -1.75. The summed E-state index contributed by atoms with van der Waals surface area (Å²) in [5.74, 6) is -4.51. The molecule has 528 valence electrons. The van der Waals surface area contributed by atoms with Crippen LogP contribution in [-0.2, 0) is 77.7 Å². The third-order valence-electron chi connectivity index (χ3n) is 18.6. The van der Waals surface area contributed by atoms with Gasteiger partial charge in [0.15, 0.2) is 11.6 Å². The summed E-state index contributed by atoms with van der Waals surface area (Å²) in [7, 11) is -8.69. The number of halogens is 5. The number of amidine groups is 1. The number of carbonyl (C=O) groups excluding carboxylic acids is 4. The fourth-order valence-corrected chi connectivity index (χ4v) is 23.0. The second kappa shape index (κ2) is 26.3. The van der Waals surface area contributed by atoms with Crippen LogP contribution in [0, 0.1) is 29.1 Å². The molecule has 0 amide bonds. The van der Waals surface area contributed by atoms with Gasteiger partial charge in [-0.15, -0.1) is 0 Å². The molecule has 0 bridgehead atoms. The molecule has 0 saturated heterocycles. The number of Topliss-reactive ketones (excluding diaryl/α,β-unsaturated/α-hetero) is 2. The molecule has 0 spiro atoms. The maximum Gasteiger partial charge on any atom is 0.312 e. The standard InChI is InChI=1S/C27H32F2N4O4S.C21H23F2N5O2S.C20H29FN4O3S/c1-25(2,3)37-23(35)14-21-26(4,5)38(36)22(11-12-31-38)27(6,33-21)24-18(29)9-8-17(32-24)13-20(34)19-10-7-16(28)15-30-19;1-20(2)19(24)28-21(3,17-8-9-26-31(17,20)30)18-14(23)6-5-13(27-18)10-16(29)15-7-4-12(22)11-25-15;1-18(2,3)28-16(26)11-13-19(4,5)29(27)14(9-10-23-29)20(6,25-13)17-12(21)7-8-15(22)24-17/h7-10,15,22H,11-14H2,1-6H3;4-7,11,17H,8-10H2,1-3H3,(H2,24,28);7-8,14H,9-11H2,1-6H3,(H2,22,24)/t22-,27-,38+;17-,21-,31+;14-,20-,29+/m000/s1. The topological polar surface area (TPSA) is 329 Å². The van der Waals surface area contributed by atoms with E-state index < -0.39 is 134 Å². The van der Waals surface area contributed by atoms with E-state index >= 15 is 4.39 Å². The summed E-state index contributed by atoms with van der Waals surface area (Å²) in [5.41, 5.74) is 8.01. The van der Waals surface area contributed by atoms with Gasteiger partial charge in [0.25, 0.3) is 0 Å². The number of pyridine rings is 5. The van der Waals surface area contributed by atoms with Crippen LogP contribution in [-0.4, -0.2) is 139 Å². The maximum atomic E-state index is 15.4. The second-order valence-corrected chi connectivity index (χ2v) is 37.9. The maximum absolute atomic E-state index is 15.4. The Morgan fingerprint density at radius 1 is 0.469 bits per heavy atom. The number of carbonyl (C=O) groups is 4. The Morgan fingerprint density at radius 2 is 0.806 bits per heavy atom. The third kappa shape index (κ3) is 13.8. The summed E-state index contributed by atoms with van der Waals surface area (Å²) >= 11 is 0. The lowest BCUT2D eigenvalue weighted by Crippen LogP contribution is -2.58. The number of hydrogen-bond acceptors (Lipinski definition) is 22. The normalized spacial score (nSPS) is 28.5. The van der Waals surface area contributed by atoms with E-state index in [0.29, 0.717) is 56.0 Å². The molecule has 4 N–H and O–H groups in total. The lowest BCUT2D eigenvalue weighted by Gasteiger charge is -2.45. The summed E-state index contributed by atoms with van der Waals surface area (Å²) in [6.07, 6.45) is 2.55. The van der Waals surface area contributed by atoms with Crippen molar-refractivity contribution in [1.29, 1.82) is 0 Å². The molecule has 0 aliphatic carbocycles. The fraction of sp³-hybridized carbons (Fsp3) is 0.529. The number of esters is 2. The largest absolute Gasteiger partial charge is 0.460 e. The number of nitrogens with zero attached hydrogens (tertiary/aromatic N) is 11. The first kappa shape index (κ1) is 74.4. The summed E-state index contributed by atoms with van der Waals surface area (Å²) in [6.45, 7) is 27.2. The van der Waals surface area contributed by atoms with Gasteiger partial charge in [0.05, 0.1) is 92.5 Å². The highest BCUT2D eigenvalue weighted by Gasteiger charge is 2.61. The molecule has 0 aromatic carbocycles. The van der Waals surface area contributed by atoms with Crippen LogP contribution in [0.4, 0.5) is 27.8 Å². The molecule has 6 aliphatic heterocycles. The van der Waals surface area contributed by atoms with Crippen molar-refractivity contribution >= 4 is 75.8 Å². The van der Waals surface area contributed by atoms with Gasteiger partial charge in [-0.25, -0.2) is 52.7 Å². The van der Waals surface area contributed by atoms with Crippen molar-refractivity contribution in [2.45, 2.75) is 207 Å². The SMILES string of the molecule is CC(C)(C)OC(=O)CC1=N[C@](C)(c2nc(CC(=O)c3ccc(F)cn3)ccc2F)[C@@H]2CCN=[S@]2(=O)C1(C)C.CC(C)(C)OC(=O)CC1=N[C@](C)(c2nc(N)ccc2F)[C@@H]2CCN=[S@]2(=O)C1(C)C.CC1(C)C(N)=N[C@](C)(c2nc(CC(=O)c3ccc(F)cn3)ccc2F)[C@@H]2CCN=[S@@]21=O. The summed E-state index contributed by atoms with van der Waals surface area (Å²) in [4.78, 5) is 85.5. The molecule has 22 nitrogen and oxygen atoms in total.